The summed E-state index contributed by atoms with van der Waals surface area (Å²) in [7, 11) is 0. The maximum absolute atomic E-state index is 10.1. The molecule has 2 saturated carbocycles. The Labute approximate surface area is 135 Å². The SMILES string of the molecule is Cc1ccc2c(c1C)CC[C@@H]1[C@@H]2CC[C@@H]2C[C@H](O)CC[C@]21C. The number of hydrogen-bond acceptors (Lipinski definition) is 1. The first-order chi connectivity index (χ1) is 10.5. The quantitative estimate of drug-likeness (QED) is 0.721. The topological polar surface area (TPSA) is 20.2 Å². The number of rotatable bonds is 0. The smallest absolute Gasteiger partial charge is 0.0543 e. The molecule has 5 atom stereocenters. The first kappa shape index (κ1) is 14.8. The van der Waals surface area contributed by atoms with Crippen LogP contribution in [0.3, 0.4) is 0 Å². The van der Waals surface area contributed by atoms with Crippen molar-refractivity contribution in [3.8, 4) is 0 Å². The molecule has 0 aromatic heterocycles. The molecule has 22 heavy (non-hydrogen) atoms. The minimum Gasteiger partial charge on any atom is -0.393 e. The van der Waals surface area contributed by atoms with Crippen molar-refractivity contribution < 1.29 is 5.11 Å². The maximum Gasteiger partial charge on any atom is 0.0543 e. The number of hydrogen-bond donors (Lipinski definition) is 1. The third-order valence-electron chi connectivity index (χ3n) is 7.67. The molecule has 2 fully saturated rings. The molecule has 0 saturated heterocycles. The zero-order valence-corrected chi connectivity index (χ0v) is 14.4. The zero-order chi connectivity index (χ0) is 15.5. The minimum atomic E-state index is -0.0320. The van der Waals surface area contributed by atoms with E-state index in [2.05, 4.69) is 32.9 Å². The molecule has 3 aliphatic carbocycles. The first-order valence-electron chi connectivity index (χ1n) is 9.27. The average molecular weight is 298 g/mol. The van der Waals surface area contributed by atoms with Crippen LogP contribution in [0.5, 0.6) is 0 Å². The van der Waals surface area contributed by atoms with Gasteiger partial charge < -0.3 is 5.11 Å². The largest absolute Gasteiger partial charge is 0.393 e. The molecule has 0 unspecified atom stereocenters. The highest BCUT2D eigenvalue weighted by atomic mass is 16.3. The van der Waals surface area contributed by atoms with Gasteiger partial charge in [0.2, 0.25) is 0 Å². The van der Waals surface area contributed by atoms with E-state index < -0.39 is 0 Å². The van der Waals surface area contributed by atoms with Gasteiger partial charge in [-0.15, -0.1) is 0 Å². The van der Waals surface area contributed by atoms with Gasteiger partial charge in [0.05, 0.1) is 6.10 Å². The highest BCUT2D eigenvalue weighted by Crippen LogP contribution is 2.60. The van der Waals surface area contributed by atoms with E-state index in [0.717, 1.165) is 30.6 Å². The monoisotopic (exact) mass is 298 g/mol. The number of fused-ring (bicyclic) bond motifs is 5. The van der Waals surface area contributed by atoms with Gasteiger partial charge in [-0.05, 0) is 104 Å². The Morgan fingerprint density at radius 1 is 1.09 bits per heavy atom. The summed E-state index contributed by atoms with van der Waals surface area (Å²) < 4.78 is 0. The Bertz CT molecular complexity index is 590. The zero-order valence-electron chi connectivity index (χ0n) is 14.4. The molecule has 1 aromatic carbocycles. The number of benzene rings is 1. The lowest BCUT2D eigenvalue weighted by Crippen LogP contribution is -2.48. The van der Waals surface area contributed by atoms with Crippen molar-refractivity contribution in [3.63, 3.8) is 0 Å². The van der Waals surface area contributed by atoms with Gasteiger partial charge in [0.15, 0.2) is 0 Å². The fourth-order valence-corrected chi connectivity index (χ4v) is 6.15. The van der Waals surface area contributed by atoms with E-state index in [9.17, 15) is 5.11 Å². The molecular formula is C21H30O. The van der Waals surface area contributed by atoms with Crippen molar-refractivity contribution in [3.05, 3.63) is 34.4 Å². The summed E-state index contributed by atoms with van der Waals surface area (Å²) in [6.07, 6.45) is 8.58. The van der Waals surface area contributed by atoms with Crippen molar-refractivity contribution in [2.24, 2.45) is 17.3 Å². The van der Waals surface area contributed by atoms with Gasteiger partial charge >= 0.3 is 0 Å². The summed E-state index contributed by atoms with van der Waals surface area (Å²) in [4.78, 5) is 0. The number of aryl methyl sites for hydroxylation is 1. The maximum atomic E-state index is 10.1. The number of aliphatic hydroxyl groups is 1. The van der Waals surface area contributed by atoms with E-state index in [0.29, 0.717) is 5.41 Å². The van der Waals surface area contributed by atoms with Crippen LogP contribution in [0.15, 0.2) is 12.1 Å². The lowest BCUT2D eigenvalue weighted by molar-refractivity contribution is -0.0606. The highest BCUT2D eigenvalue weighted by molar-refractivity contribution is 5.44. The minimum absolute atomic E-state index is 0.0320. The van der Waals surface area contributed by atoms with Gasteiger partial charge in [-0.25, -0.2) is 0 Å². The summed E-state index contributed by atoms with van der Waals surface area (Å²) in [6, 6.07) is 4.78. The van der Waals surface area contributed by atoms with Crippen molar-refractivity contribution in [2.75, 3.05) is 0 Å². The van der Waals surface area contributed by atoms with Crippen molar-refractivity contribution in [1.82, 2.24) is 0 Å². The van der Waals surface area contributed by atoms with Gasteiger partial charge in [-0.2, -0.15) is 0 Å². The summed E-state index contributed by atoms with van der Waals surface area (Å²) in [5, 5.41) is 10.1. The van der Waals surface area contributed by atoms with Crippen LogP contribution in [-0.4, -0.2) is 11.2 Å². The molecule has 0 amide bonds. The van der Waals surface area contributed by atoms with Crippen LogP contribution in [0.25, 0.3) is 0 Å². The summed E-state index contributed by atoms with van der Waals surface area (Å²) in [6.45, 7) is 7.12. The number of aliphatic hydroxyl groups excluding tert-OH is 1. The first-order valence-corrected chi connectivity index (χ1v) is 9.27. The van der Waals surface area contributed by atoms with Crippen molar-refractivity contribution in [2.45, 2.75) is 77.7 Å². The molecule has 0 spiro atoms. The molecule has 0 bridgehead atoms. The van der Waals surface area contributed by atoms with E-state index in [-0.39, 0.29) is 6.10 Å². The Kier molecular flexibility index (Phi) is 3.41. The van der Waals surface area contributed by atoms with Crippen molar-refractivity contribution >= 4 is 0 Å². The van der Waals surface area contributed by atoms with Crippen LogP contribution in [0.1, 0.15) is 73.6 Å². The fourth-order valence-electron chi connectivity index (χ4n) is 6.15. The molecular weight excluding hydrogens is 268 g/mol. The fraction of sp³-hybridized carbons (Fsp3) is 0.714. The molecule has 0 heterocycles. The van der Waals surface area contributed by atoms with E-state index in [1.165, 1.54) is 37.7 Å². The summed E-state index contributed by atoms with van der Waals surface area (Å²) >= 11 is 0. The van der Waals surface area contributed by atoms with Gasteiger partial charge in [0.1, 0.15) is 0 Å². The second-order valence-corrected chi connectivity index (χ2v) is 8.54. The van der Waals surface area contributed by atoms with Gasteiger partial charge in [0, 0.05) is 0 Å². The molecule has 120 valence electrons. The van der Waals surface area contributed by atoms with Crippen LogP contribution in [0.4, 0.5) is 0 Å². The molecule has 1 aromatic rings. The lowest BCUT2D eigenvalue weighted by Gasteiger charge is -2.56. The molecule has 0 aliphatic heterocycles. The predicted octanol–water partition coefficient (Wildman–Crippen LogP) is 4.91. The van der Waals surface area contributed by atoms with E-state index >= 15 is 0 Å². The van der Waals surface area contributed by atoms with Crippen LogP contribution in [0.2, 0.25) is 0 Å². The Morgan fingerprint density at radius 2 is 1.91 bits per heavy atom. The summed E-state index contributed by atoms with van der Waals surface area (Å²) in [5.74, 6) is 2.37. The molecule has 1 N–H and O–H groups in total. The van der Waals surface area contributed by atoms with Crippen molar-refractivity contribution in [1.29, 1.82) is 0 Å². The van der Waals surface area contributed by atoms with E-state index in [4.69, 9.17) is 0 Å². The highest BCUT2D eigenvalue weighted by Gasteiger charge is 2.51. The van der Waals surface area contributed by atoms with E-state index in [1.54, 1.807) is 16.7 Å². The third-order valence-corrected chi connectivity index (χ3v) is 7.67. The normalized spacial score (nSPS) is 40.5. The third kappa shape index (κ3) is 2.01. The van der Waals surface area contributed by atoms with E-state index in [1.807, 2.05) is 0 Å². The molecule has 3 aliphatic rings. The van der Waals surface area contributed by atoms with Crippen LogP contribution in [0, 0.1) is 31.1 Å². The lowest BCUT2D eigenvalue weighted by atomic mass is 9.49. The van der Waals surface area contributed by atoms with Crippen LogP contribution < -0.4 is 0 Å². The molecule has 4 rings (SSSR count). The molecule has 0 radical (unpaired) electrons. The summed E-state index contributed by atoms with van der Waals surface area (Å²) in [5.41, 5.74) is 6.81. The Morgan fingerprint density at radius 3 is 2.73 bits per heavy atom. The van der Waals surface area contributed by atoms with Gasteiger partial charge in [-0.1, -0.05) is 19.1 Å². The molecule has 1 heteroatoms. The van der Waals surface area contributed by atoms with Gasteiger partial charge in [-0.3, -0.25) is 0 Å². The molecule has 1 nitrogen and oxygen atoms in total. The average Bonchev–Trinajstić information content (AvgIpc) is 2.51. The standard InChI is InChI=1S/C21H30O/c1-13-4-6-18-17(14(13)2)8-9-20-19(18)7-5-15-12-16(22)10-11-21(15,20)3/h4,6,15-16,19-20,22H,5,7-12H2,1-3H3/t15-,16-,19-,20-,21-/m1/s1. The second-order valence-electron chi connectivity index (χ2n) is 8.54. The van der Waals surface area contributed by atoms with Gasteiger partial charge in [0.25, 0.3) is 0 Å². The Hall–Kier alpha value is -0.820. The van der Waals surface area contributed by atoms with Crippen LogP contribution in [-0.2, 0) is 6.42 Å². The predicted molar refractivity (Wildman–Crippen MR) is 91.2 cm³/mol. The Balaban J connectivity index is 1.72. The van der Waals surface area contributed by atoms with Crippen LogP contribution >= 0.6 is 0 Å². The second kappa shape index (κ2) is 5.09.